The lowest BCUT2D eigenvalue weighted by Crippen LogP contribution is -2.57. The molecule has 0 saturated carbocycles. The molecule has 0 aliphatic carbocycles. The second kappa shape index (κ2) is 5.89. The van der Waals surface area contributed by atoms with Crippen molar-refractivity contribution in [2.45, 2.75) is 19.5 Å². The first-order valence-corrected chi connectivity index (χ1v) is 7.26. The smallest absolute Gasteiger partial charge is 0.276 e. The van der Waals surface area contributed by atoms with Crippen molar-refractivity contribution in [2.75, 3.05) is 5.32 Å². The molecule has 112 valence electrons. The summed E-state index contributed by atoms with van der Waals surface area (Å²) < 4.78 is 0. The van der Waals surface area contributed by atoms with E-state index in [9.17, 15) is 9.59 Å². The molecule has 1 aliphatic rings. The maximum atomic E-state index is 12.6. The van der Waals surface area contributed by atoms with Gasteiger partial charge in [-0.2, -0.15) is 0 Å². The minimum Gasteiger partial charge on any atom is -0.363 e. The van der Waals surface area contributed by atoms with Gasteiger partial charge in [-0.3, -0.25) is 15.0 Å². The van der Waals surface area contributed by atoms with Crippen LogP contribution < -0.4 is 10.7 Å². The minimum atomic E-state index is -0.298. The van der Waals surface area contributed by atoms with E-state index in [0.29, 0.717) is 17.5 Å². The van der Waals surface area contributed by atoms with E-state index in [4.69, 9.17) is 0 Å². The molecule has 0 fully saturated rings. The van der Waals surface area contributed by atoms with Crippen LogP contribution in [0.25, 0.3) is 0 Å². The average molecular weight is 295 g/mol. The Morgan fingerprint density at radius 2 is 1.82 bits per heavy atom. The van der Waals surface area contributed by atoms with E-state index in [0.717, 1.165) is 5.69 Å². The normalized spacial score (nSPS) is 16.7. The zero-order valence-electron chi connectivity index (χ0n) is 12.2. The van der Waals surface area contributed by atoms with Crippen LogP contribution in [0, 0.1) is 0 Å². The number of hydrazine groups is 1. The Morgan fingerprint density at radius 3 is 2.55 bits per heavy atom. The molecule has 0 spiro atoms. The van der Waals surface area contributed by atoms with Crippen LogP contribution in [0.3, 0.4) is 0 Å². The molecular weight excluding hydrogens is 278 g/mol. The highest BCUT2D eigenvalue weighted by Crippen LogP contribution is 2.25. The summed E-state index contributed by atoms with van der Waals surface area (Å²) in [6.45, 7) is 1.96. The summed E-state index contributed by atoms with van der Waals surface area (Å²) in [5, 5.41) is 4.65. The Bertz CT molecular complexity index is 700. The molecule has 0 saturated heterocycles. The van der Waals surface area contributed by atoms with Gasteiger partial charge in [-0.1, -0.05) is 37.3 Å². The molecule has 1 unspecified atom stereocenters. The summed E-state index contributed by atoms with van der Waals surface area (Å²) in [5.74, 6) is -0.501. The van der Waals surface area contributed by atoms with Crippen LogP contribution in [0.2, 0.25) is 0 Å². The first kappa shape index (κ1) is 14.1. The number of fused-ring (bicyclic) bond motifs is 1. The third-order valence-corrected chi connectivity index (χ3v) is 3.65. The molecule has 1 aliphatic heterocycles. The third-order valence-electron chi connectivity index (χ3n) is 3.65. The highest BCUT2D eigenvalue weighted by Gasteiger charge is 2.32. The quantitative estimate of drug-likeness (QED) is 0.915. The first-order chi connectivity index (χ1) is 10.7. The summed E-state index contributed by atoms with van der Waals surface area (Å²) in [4.78, 5) is 24.9. The van der Waals surface area contributed by atoms with Crippen molar-refractivity contribution in [1.82, 2.24) is 10.4 Å². The van der Waals surface area contributed by atoms with Crippen molar-refractivity contribution in [3.05, 3.63) is 65.7 Å². The fourth-order valence-electron chi connectivity index (χ4n) is 2.49. The largest absolute Gasteiger partial charge is 0.363 e. The van der Waals surface area contributed by atoms with Crippen LogP contribution in [-0.2, 0) is 0 Å². The number of benzene rings is 2. The minimum absolute atomic E-state index is 0.203. The first-order valence-electron chi connectivity index (χ1n) is 7.26. The van der Waals surface area contributed by atoms with Gasteiger partial charge in [-0.05, 0) is 30.7 Å². The lowest BCUT2D eigenvalue weighted by molar-refractivity contribution is 0.0488. The summed E-state index contributed by atoms with van der Waals surface area (Å²) in [7, 11) is 0. The van der Waals surface area contributed by atoms with E-state index in [2.05, 4.69) is 10.7 Å². The topological polar surface area (TPSA) is 61.4 Å². The number of rotatable bonds is 3. The maximum absolute atomic E-state index is 12.6. The number of nitrogens with zero attached hydrogens (tertiary/aromatic N) is 1. The van der Waals surface area contributed by atoms with Crippen LogP contribution in [0.4, 0.5) is 5.69 Å². The standard InChI is InChI=1S/C17H17N3O2/c1-2-15-18-14-11-7-6-10-13(14)17(22)20(15)19-16(21)12-8-4-3-5-9-12/h3-11,15,18H,2H2,1H3,(H,19,21). The van der Waals surface area contributed by atoms with Crippen molar-refractivity contribution in [1.29, 1.82) is 0 Å². The highest BCUT2D eigenvalue weighted by atomic mass is 16.2. The zero-order valence-corrected chi connectivity index (χ0v) is 12.2. The molecule has 5 nitrogen and oxygen atoms in total. The molecule has 2 amide bonds. The van der Waals surface area contributed by atoms with E-state index in [1.165, 1.54) is 5.01 Å². The molecule has 0 bridgehead atoms. The Kier molecular flexibility index (Phi) is 3.78. The van der Waals surface area contributed by atoms with Gasteiger partial charge in [0.25, 0.3) is 11.8 Å². The van der Waals surface area contributed by atoms with E-state index in [1.54, 1.807) is 30.3 Å². The average Bonchev–Trinajstić information content (AvgIpc) is 2.58. The van der Waals surface area contributed by atoms with E-state index < -0.39 is 0 Å². The van der Waals surface area contributed by atoms with Crippen LogP contribution in [-0.4, -0.2) is 23.0 Å². The molecule has 2 N–H and O–H groups in total. The number of nitrogens with one attached hydrogen (secondary N) is 2. The molecular formula is C17H17N3O2. The van der Waals surface area contributed by atoms with Gasteiger partial charge in [0.2, 0.25) is 0 Å². The Hall–Kier alpha value is -2.82. The molecule has 0 radical (unpaired) electrons. The van der Waals surface area contributed by atoms with Gasteiger partial charge in [-0.25, -0.2) is 5.01 Å². The number of carbonyl (C=O) groups excluding carboxylic acids is 2. The van der Waals surface area contributed by atoms with Gasteiger partial charge < -0.3 is 5.32 Å². The molecule has 2 aromatic rings. The van der Waals surface area contributed by atoms with Crippen molar-refractivity contribution in [3.63, 3.8) is 0 Å². The third kappa shape index (κ3) is 2.53. The lowest BCUT2D eigenvalue weighted by Gasteiger charge is -2.37. The number of amides is 2. The molecule has 1 atom stereocenters. The predicted octanol–water partition coefficient (Wildman–Crippen LogP) is 2.64. The Morgan fingerprint density at radius 1 is 1.14 bits per heavy atom. The van der Waals surface area contributed by atoms with Crippen LogP contribution in [0.5, 0.6) is 0 Å². The molecule has 2 aromatic carbocycles. The summed E-state index contributed by atoms with van der Waals surface area (Å²) >= 11 is 0. The van der Waals surface area contributed by atoms with Crippen LogP contribution in [0.1, 0.15) is 34.1 Å². The maximum Gasteiger partial charge on any atom is 0.276 e. The number of carbonyl (C=O) groups is 2. The molecule has 0 aromatic heterocycles. The second-order valence-electron chi connectivity index (χ2n) is 5.10. The molecule has 1 heterocycles. The molecule has 22 heavy (non-hydrogen) atoms. The van der Waals surface area contributed by atoms with Crippen LogP contribution >= 0.6 is 0 Å². The van der Waals surface area contributed by atoms with Crippen molar-refractivity contribution < 1.29 is 9.59 Å². The SMILES string of the molecule is CCC1Nc2ccccc2C(=O)N1NC(=O)c1ccccc1. The highest BCUT2D eigenvalue weighted by molar-refractivity contribution is 6.03. The number of anilines is 1. The predicted molar refractivity (Wildman–Crippen MR) is 84.2 cm³/mol. The molecule has 5 heteroatoms. The fourth-order valence-corrected chi connectivity index (χ4v) is 2.49. The van der Waals surface area contributed by atoms with Gasteiger partial charge in [0, 0.05) is 11.3 Å². The van der Waals surface area contributed by atoms with Crippen LogP contribution in [0.15, 0.2) is 54.6 Å². The second-order valence-corrected chi connectivity index (χ2v) is 5.10. The summed E-state index contributed by atoms with van der Waals surface area (Å²) in [5.41, 5.74) is 4.58. The van der Waals surface area contributed by atoms with E-state index in [-0.39, 0.29) is 18.0 Å². The summed E-state index contributed by atoms with van der Waals surface area (Å²) in [6.07, 6.45) is 0.407. The Labute approximate surface area is 128 Å². The Balaban J connectivity index is 1.86. The zero-order chi connectivity index (χ0) is 15.5. The number of hydrogen-bond acceptors (Lipinski definition) is 3. The monoisotopic (exact) mass is 295 g/mol. The van der Waals surface area contributed by atoms with Gasteiger partial charge >= 0.3 is 0 Å². The van der Waals surface area contributed by atoms with Gasteiger partial charge in [0.1, 0.15) is 6.17 Å². The van der Waals surface area contributed by atoms with E-state index in [1.807, 2.05) is 31.2 Å². The van der Waals surface area contributed by atoms with E-state index >= 15 is 0 Å². The number of hydrogen-bond donors (Lipinski definition) is 2. The van der Waals surface area contributed by atoms with Gasteiger partial charge in [-0.15, -0.1) is 0 Å². The van der Waals surface area contributed by atoms with Gasteiger partial charge in [0.15, 0.2) is 0 Å². The number of para-hydroxylation sites is 1. The molecule has 3 rings (SSSR count). The van der Waals surface area contributed by atoms with Gasteiger partial charge in [0.05, 0.1) is 5.56 Å². The van der Waals surface area contributed by atoms with Crippen molar-refractivity contribution in [3.8, 4) is 0 Å². The van der Waals surface area contributed by atoms with Crippen molar-refractivity contribution in [2.24, 2.45) is 0 Å². The van der Waals surface area contributed by atoms with Crippen molar-refractivity contribution >= 4 is 17.5 Å². The summed E-state index contributed by atoms with van der Waals surface area (Å²) in [6, 6.07) is 16.2. The fraction of sp³-hybridized carbons (Fsp3) is 0.176. The lowest BCUT2D eigenvalue weighted by atomic mass is 10.1.